The molecule has 2 nitrogen and oxygen atoms in total. The van der Waals surface area contributed by atoms with Gasteiger partial charge in [0.2, 0.25) is 5.91 Å². The van der Waals surface area contributed by atoms with Gasteiger partial charge in [-0.25, -0.2) is 0 Å². The molecule has 2 aromatic carbocycles. The average molecular weight is 366 g/mol. The highest BCUT2D eigenvalue weighted by molar-refractivity contribution is 7.99. The van der Waals surface area contributed by atoms with Crippen LogP contribution in [0.15, 0.2) is 53.4 Å². The lowest BCUT2D eigenvalue weighted by atomic mass is 10.2. The van der Waals surface area contributed by atoms with Crippen molar-refractivity contribution in [2.24, 2.45) is 0 Å². The van der Waals surface area contributed by atoms with Crippen LogP contribution < -0.4 is 5.32 Å². The minimum atomic E-state index is 0.0912. The lowest BCUT2D eigenvalue weighted by Crippen LogP contribution is -2.27. The van der Waals surface area contributed by atoms with Gasteiger partial charge in [-0.3, -0.25) is 4.79 Å². The normalized spacial score (nSPS) is 10.5. The maximum Gasteiger partial charge on any atom is 0.230 e. The van der Waals surface area contributed by atoms with Crippen molar-refractivity contribution < 1.29 is 4.79 Å². The molecule has 0 atom stereocenters. The first-order valence-corrected chi connectivity index (χ1v) is 9.93. The number of amides is 1. The first kappa shape index (κ1) is 18.2. The van der Waals surface area contributed by atoms with Gasteiger partial charge in [-0.1, -0.05) is 41.4 Å². The topological polar surface area (TPSA) is 29.1 Å². The quantitative estimate of drug-likeness (QED) is 0.538. The first-order valence-electron chi connectivity index (χ1n) is 7.42. The molecule has 0 saturated heterocycles. The molecule has 23 heavy (non-hydrogen) atoms. The zero-order valence-corrected chi connectivity index (χ0v) is 15.4. The van der Waals surface area contributed by atoms with Gasteiger partial charge in [0.15, 0.2) is 0 Å². The highest BCUT2D eigenvalue weighted by Crippen LogP contribution is 2.17. The molecule has 0 spiro atoms. The summed E-state index contributed by atoms with van der Waals surface area (Å²) in [5.74, 6) is 2.28. The van der Waals surface area contributed by atoms with E-state index in [1.807, 2.05) is 24.3 Å². The Morgan fingerprint density at radius 2 is 1.78 bits per heavy atom. The number of hydrogen-bond acceptors (Lipinski definition) is 3. The highest BCUT2D eigenvalue weighted by Gasteiger charge is 2.02. The third kappa shape index (κ3) is 7.34. The fraction of sp³-hybridized carbons (Fsp3) is 0.278. The fourth-order valence-corrected chi connectivity index (χ4v) is 3.60. The molecule has 0 aliphatic carbocycles. The zero-order valence-electron chi connectivity index (χ0n) is 13.0. The third-order valence-electron chi connectivity index (χ3n) is 3.13. The van der Waals surface area contributed by atoms with Gasteiger partial charge < -0.3 is 5.32 Å². The number of thioether (sulfide) groups is 2. The SMILES string of the molecule is Cc1ccc(SCCNC(=O)CSCc2ccc(Cl)cc2)cc1. The van der Waals surface area contributed by atoms with Crippen LogP contribution in [0.25, 0.3) is 0 Å². The smallest absolute Gasteiger partial charge is 0.230 e. The molecule has 5 heteroatoms. The molecule has 0 aromatic heterocycles. The third-order valence-corrected chi connectivity index (χ3v) is 5.40. The maximum absolute atomic E-state index is 11.8. The number of carbonyl (C=O) groups excluding carboxylic acids is 1. The Labute approximate surface area is 151 Å². The van der Waals surface area contributed by atoms with Gasteiger partial charge in [0.05, 0.1) is 5.75 Å². The Balaban J connectivity index is 1.56. The number of hydrogen-bond donors (Lipinski definition) is 1. The monoisotopic (exact) mass is 365 g/mol. The molecule has 0 saturated carbocycles. The summed E-state index contributed by atoms with van der Waals surface area (Å²) < 4.78 is 0. The minimum Gasteiger partial charge on any atom is -0.355 e. The van der Waals surface area contributed by atoms with Crippen LogP contribution in [0, 0.1) is 6.92 Å². The Bertz CT molecular complexity index is 614. The standard InChI is InChI=1S/C18H20ClNOS2/c1-14-2-8-17(9-3-14)23-11-10-20-18(21)13-22-12-15-4-6-16(19)7-5-15/h2-9H,10-13H2,1H3,(H,20,21). The van der Waals surface area contributed by atoms with Crippen LogP contribution in [0.4, 0.5) is 0 Å². The molecule has 0 bridgehead atoms. The van der Waals surface area contributed by atoms with Gasteiger partial charge in [-0.2, -0.15) is 0 Å². The van der Waals surface area contributed by atoms with Crippen molar-refractivity contribution in [2.75, 3.05) is 18.1 Å². The van der Waals surface area contributed by atoms with Gasteiger partial charge in [-0.05, 0) is 36.8 Å². The van der Waals surface area contributed by atoms with Gasteiger partial charge in [0, 0.05) is 28.0 Å². The Hall–Kier alpha value is -1.10. The number of benzene rings is 2. The van der Waals surface area contributed by atoms with E-state index in [9.17, 15) is 4.79 Å². The van der Waals surface area contributed by atoms with Crippen LogP contribution in [0.1, 0.15) is 11.1 Å². The first-order chi connectivity index (χ1) is 11.1. The second-order valence-corrected chi connectivity index (χ2v) is 7.72. The van der Waals surface area contributed by atoms with Crippen LogP contribution in [0.2, 0.25) is 5.02 Å². The van der Waals surface area contributed by atoms with Gasteiger partial charge >= 0.3 is 0 Å². The van der Waals surface area contributed by atoms with E-state index in [2.05, 4.69) is 36.5 Å². The van der Waals surface area contributed by atoms with Crippen molar-refractivity contribution in [3.8, 4) is 0 Å². The molecule has 0 heterocycles. The number of nitrogens with one attached hydrogen (secondary N) is 1. The van der Waals surface area contributed by atoms with Crippen LogP contribution >= 0.6 is 35.1 Å². The summed E-state index contributed by atoms with van der Waals surface area (Å²) in [5, 5.41) is 3.70. The minimum absolute atomic E-state index is 0.0912. The molecule has 0 aliphatic rings. The van der Waals surface area contributed by atoms with Crippen molar-refractivity contribution in [3.05, 3.63) is 64.7 Å². The fourth-order valence-electron chi connectivity index (χ4n) is 1.89. The van der Waals surface area contributed by atoms with Crippen LogP contribution in [0.3, 0.4) is 0 Å². The van der Waals surface area contributed by atoms with E-state index >= 15 is 0 Å². The second-order valence-electron chi connectivity index (χ2n) is 5.13. The maximum atomic E-state index is 11.8. The number of carbonyl (C=O) groups is 1. The molecule has 0 aliphatic heterocycles. The summed E-state index contributed by atoms with van der Waals surface area (Å²) in [4.78, 5) is 13.0. The molecule has 0 fully saturated rings. The second kappa shape index (κ2) is 9.91. The van der Waals surface area contributed by atoms with Crippen LogP contribution in [0.5, 0.6) is 0 Å². The Morgan fingerprint density at radius 1 is 1.09 bits per heavy atom. The van der Waals surface area contributed by atoms with E-state index in [0.717, 1.165) is 16.5 Å². The summed E-state index contributed by atoms with van der Waals surface area (Å²) in [6.45, 7) is 2.77. The molecule has 1 amide bonds. The van der Waals surface area contributed by atoms with Gasteiger partial charge in [0.1, 0.15) is 0 Å². The zero-order chi connectivity index (χ0) is 16.5. The lowest BCUT2D eigenvalue weighted by molar-refractivity contribution is -0.118. The molecular formula is C18H20ClNOS2. The van der Waals surface area contributed by atoms with Crippen LogP contribution in [-0.2, 0) is 10.5 Å². The molecule has 0 radical (unpaired) electrons. The average Bonchev–Trinajstić information content (AvgIpc) is 2.55. The van der Waals surface area contributed by atoms with E-state index in [1.165, 1.54) is 16.0 Å². The summed E-state index contributed by atoms with van der Waals surface area (Å²) in [6, 6.07) is 16.2. The number of aryl methyl sites for hydroxylation is 1. The summed E-state index contributed by atoms with van der Waals surface area (Å²) in [7, 11) is 0. The molecule has 2 rings (SSSR count). The molecule has 1 N–H and O–H groups in total. The van der Waals surface area contributed by atoms with E-state index in [1.54, 1.807) is 23.5 Å². The molecule has 2 aromatic rings. The Morgan fingerprint density at radius 3 is 2.48 bits per heavy atom. The van der Waals surface area contributed by atoms with Gasteiger partial charge in [0.25, 0.3) is 0 Å². The van der Waals surface area contributed by atoms with Crippen molar-refractivity contribution >= 4 is 41.0 Å². The van der Waals surface area contributed by atoms with Crippen molar-refractivity contribution in [2.45, 2.75) is 17.6 Å². The molecule has 122 valence electrons. The van der Waals surface area contributed by atoms with E-state index in [4.69, 9.17) is 11.6 Å². The summed E-state index contributed by atoms with van der Waals surface area (Å²) in [6.07, 6.45) is 0. The number of rotatable bonds is 8. The number of halogens is 1. The summed E-state index contributed by atoms with van der Waals surface area (Å²) in [5.41, 5.74) is 2.45. The largest absolute Gasteiger partial charge is 0.355 e. The van der Waals surface area contributed by atoms with E-state index in [0.29, 0.717) is 12.3 Å². The van der Waals surface area contributed by atoms with Crippen molar-refractivity contribution in [1.82, 2.24) is 5.32 Å². The van der Waals surface area contributed by atoms with Crippen molar-refractivity contribution in [3.63, 3.8) is 0 Å². The van der Waals surface area contributed by atoms with Crippen molar-refractivity contribution in [1.29, 1.82) is 0 Å². The predicted octanol–water partition coefficient (Wildman–Crippen LogP) is 4.79. The van der Waals surface area contributed by atoms with Gasteiger partial charge in [-0.15, -0.1) is 23.5 Å². The summed E-state index contributed by atoms with van der Waals surface area (Å²) >= 11 is 9.22. The highest BCUT2D eigenvalue weighted by atomic mass is 35.5. The van der Waals surface area contributed by atoms with E-state index < -0.39 is 0 Å². The predicted molar refractivity (Wildman–Crippen MR) is 103 cm³/mol. The lowest BCUT2D eigenvalue weighted by Gasteiger charge is -2.06. The van der Waals surface area contributed by atoms with Crippen LogP contribution in [-0.4, -0.2) is 24.0 Å². The van der Waals surface area contributed by atoms with E-state index in [-0.39, 0.29) is 5.91 Å². The molecule has 0 unspecified atom stereocenters. The molecular weight excluding hydrogens is 346 g/mol. The Kier molecular flexibility index (Phi) is 7.86.